The maximum absolute atomic E-state index is 12.9. The molecule has 12 nitrogen and oxygen atoms in total. The van der Waals surface area contributed by atoms with Crippen LogP contribution in [0.2, 0.25) is 0 Å². The molecule has 0 bridgehead atoms. The maximum Gasteiger partial charge on any atom is 0.274 e. The first kappa shape index (κ1) is 25.6. The van der Waals surface area contributed by atoms with E-state index in [1.165, 1.54) is 0 Å². The Hall–Kier alpha value is -4.05. The standard InChI is InChI=1S/C25H29N9O3S/c1-3-17-13-27-22(28-14-17)18-5-10-33(11-6-18)24-30-19-7-12-38(37)21(19)23(31-24)32-25(8-4-9-25)16-29-20(26-2)15-34(35)36/h1,5,13-15,26,29H,4,6-12,16H2,2H3,(H,30,31,32)/b20-15+/t38-/m0/s1. The van der Waals surface area contributed by atoms with Crippen molar-refractivity contribution in [3.63, 3.8) is 0 Å². The van der Waals surface area contributed by atoms with Crippen molar-refractivity contribution in [2.24, 2.45) is 0 Å². The summed E-state index contributed by atoms with van der Waals surface area (Å²) in [7, 11) is 0.459. The van der Waals surface area contributed by atoms with Gasteiger partial charge in [-0.1, -0.05) is 12.0 Å². The smallest absolute Gasteiger partial charge is 0.274 e. The van der Waals surface area contributed by atoms with E-state index in [1.54, 1.807) is 19.4 Å². The molecule has 1 saturated carbocycles. The van der Waals surface area contributed by atoms with E-state index < -0.39 is 15.7 Å². The summed E-state index contributed by atoms with van der Waals surface area (Å²) < 4.78 is 12.9. The Morgan fingerprint density at radius 1 is 1.32 bits per heavy atom. The number of nitro groups is 1. The normalized spacial score (nSPS) is 20.0. The first-order valence-electron chi connectivity index (χ1n) is 12.5. The molecular formula is C25H29N9O3S. The monoisotopic (exact) mass is 535 g/mol. The van der Waals surface area contributed by atoms with Gasteiger partial charge in [0.1, 0.15) is 10.7 Å². The lowest BCUT2D eigenvalue weighted by Gasteiger charge is -2.43. The fourth-order valence-corrected chi connectivity index (χ4v) is 6.11. The van der Waals surface area contributed by atoms with Crippen LogP contribution in [0.1, 0.15) is 42.8 Å². The highest BCUT2D eigenvalue weighted by Crippen LogP contribution is 2.38. The van der Waals surface area contributed by atoms with Crippen LogP contribution in [0.15, 0.2) is 35.4 Å². The maximum atomic E-state index is 12.9. The van der Waals surface area contributed by atoms with Crippen LogP contribution in [0.25, 0.3) is 5.57 Å². The zero-order chi connectivity index (χ0) is 26.7. The van der Waals surface area contributed by atoms with Crippen molar-refractivity contribution in [3.05, 3.63) is 57.7 Å². The highest BCUT2D eigenvalue weighted by Gasteiger charge is 2.39. The lowest BCUT2D eigenvalue weighted by Crippen LogP contribution is -2.53. The van der Waals surface area contributed by atoms with Gasteiger partial charge >= 0.3 is 0 Å². The van der Waals surface area contributed by atoms with Gasteiger partial charge in [0.25, 0.3) is 6.20 Å². The van der Waals surface area contributed by atoms with Crippen molar-refractivity contribution in [2.45, 2.75) is 42.5 Å². The van der Waals surface area contributed by atoms with Crippen molar-refractivity contribution in [1.82, 2.24) is 30.6 Å². The molecule has 2 aromatic heterocycles. The Labute approximate surface area is 223 Å². The number of fused-ring (bicyclic) bond motifs is 1. The minimum atomic E-state index is -1.17. The van der Waals surface area contributed by atoms with E-state index in [9.17, 15) is 14.3 Å². The molecule has 3 aliphatic rings. The summed E-state index contributed by atoms with van der Waals surface area (Å²) in [6.45, 7) is 1.75. The topological polar surface area (TPSA) is 151 Å². The van der Waals surface area contributed by atoms with Gasteiger partial charge in [0.05, 0.1) is 32.5 Å². The number of hydrogen-bond donors (Lipinski definition) is 3. The third-order valence-electron chi connectivity index (χ3n) is 7.09. The molecular weight excluding hydrogens is 506 g/mol. The molecule has 2 aliphatic heterocycles. The van der Waals surface area contributed by atoms with Crippen LogP contribution in [-0.4, -0.2) is 67.0 Å². The van der Waals surface area contributed by atoms with E-state index in [0.717, 1.165) is 43.2 Å². The van der Waals surface area contributed by atoms with Crippen LogP contribution in [0, 0.1) is 22.5 Å². The third-order valence-corrected chi connectivity index (χ3v) is 8.55. The number of aromatic nitrogens is 4. The summed E-state index contributed by atoms with van der Waals surface area (Å²) in [6, 6.07) is 0. The average Bonchev–Trinajstić information content (AvgIpc) is 3.29. The predicted molar refractivity (Wildman–Crippen MR) is 144 cm³/mol. The van der Waals surface area contributed by atoms with Gasteiger partial charge in [0, 0.05) is 51.2 Å². The van der Waals surface area contributed by atoms with E-state index in [-0.39, 0.29) is 5.54 Å². The van der Waals surface area contributed by atoms with Gasteiger partial charge in [0.15, 0.2) is 11.6 Å². The van der Waals surface area contributed by atoms with Crippen LogP contribution in [0.3, 0.4) is 0 Å². The molecule has 4 heterocycles. The van der Waals surface area contributed by atoms with Gasteiger partial charge in [-0.15, -0.1) is 6.42 Å². The molecule has 0 radical (unpaired) electrons. The number of hydrogen-bond acceptors (Lipinski definition) is 11. The molecule has 0 spiro atoms. The molecule has 13 heteroatoms. The van der Waals surface area contributed by atoms with E-state index in [0.29, 0.717) is 65.7 Å². The molecule has 0 amide bonds. The Balaban J connectivity index is 1.36. The number of nitrogens with one attached hydrogen (secondary N) is 3. The highest BCUT2D eigenvalue weighted by atomic mass is 32.2. The van der Waals surface area contributed by atoms with Gasteiger partial charge in [-0.25, -0.2) is 15.0 Å². The molecule has 38 heavy (non-hydrogen) atoms. The van der Waals surface area contributed by atoms with Gasteiger partial charge in [-0.05, 0) is 31.3 Å². The number of aryl methyl sites for hydroxylation is 1. The summed E-state index contributed by atoms with van der Waals surface area (Å²) in [5, 5.41) is 20.4. The molecule has 1 atom stereocenters. The molecule has 2 aromatic rings. The first-order chi connectivity index (χ1) is 18.4. The Kier molecular flexibility index (Phi) is 7.24. The molecule has 1 aliphatic carbocycles. The molecule has 5 rings (SSSR count). The van der Waals surface area contributed by atoms with Crippen LogP contribution < -0.4 is 20.9 Å². The summed E-state index contributed by atoms with van der Waals surface area (Å²) in [4.78, 5) is 31.6. The van der Waals surface area contributed by atoms with E-state index in [4.69, 9.17) is 16.4 Å². The highest BCUT2D eigenvalue weighted by molar-refractivity contribution is 7.85. The van der Waals surface area contributed by atoms with Crippen molar-refractivity contribution in [3.8, 4) is 12.3 Å². The van der Waals surface area contributed by atoms with Gasteiger partial charge < -0.3 is 20.9 Å². The van der Waals surface area contributed by atoms with Crippen molar-refractivity contribution >= 4 is 28.1 Å². The fourth-order valence-electron chi connectivity index (χ4n) is 4.80. The van der Waals surface area contributed by atoms with Gasteiger partial charge in [-0.3, -0.25) is 14.3 Å². The Morgan fingerprint density at radius 2 is 2.11 bits per heavy atom. The van der Waals surface area contributed by atoms with Crippen molar-refractivity contribution in [2.75, 3.05) is 42.7 Å². The van der Waals surface area contributed by atoms with Crippen LogP contribution in [0.4, 0.5) is 11.8 Å². The second-order valence-electron chi connectivity index (χ2n) is 9.50. The predicted octanol–water partition coefficient (Wildman–Crippen LogP) is 1.42. The van der Waals surface area contributed by atoms with Crippen molar-refractivity contribution < 1.29 is 9.13 Å². The summed E-state index contributed by atoms with van der Waals surface area (Å²) >= 11 is 0. The molecule has 198 valence electrons. The zero-order valence-electron chi connectivity index (χ0n) is 21.1. The SMILES string of the molecule is C#Cc1cnc(C2=CCN(c3nc4c(c(NC5(CN/C(=C/[N+](=O)[O-])NC)CCC5)n3)[S@@](=O)CC4)CC2)nc1. The largest absolute Gasteiger partial charge is 0.370 e. The van der Waals surface area contributed by atoms with Gasteiger partial charge in [-0.2, -0.15) is 4.98 Å². The molecule has 0 saturated heterocycles. The lowest BCUT2D eigenvalue weighted by molar-refractivity contribution is -0.404. The number of anilines is 2. The molecule has 0 aromatic carbocycles. The van der Waals surface area contributed by atoms with Crippen molar-refractivity contribution in [1.29, 1.82) is 0 Å². The lowest BCUT2D eigenvalue weighted by atomic mass is 9.76. The number of rotatable bonds is 9. The first-order valence-corrected chi connectivity index (χ1v) is 13.8. The van der Waals surface area contributed by atoms with Crippen LogP contribution >= 0.6 is 0 Å². The summed E-state index contributed by atoms with van der Waals surface area (Å²) in [6.07, 6.45) is 15.8. The van der Waals surface area contributed by atoms with Gasteiger partial charge in [0.2, 0.25) is 5.95 Å². The average molecular weight is 536 g/mol. The van der Waals surface area contributed by atoms with E-state index in [1.807, 2.05) is 0 Å². The van der Waals surface area contributed by atoms with Crippen LogP contribution in [-0.2, 0) is 17.2 Å². The fraction of sp³-hybridized carbons (Fsp3) is 0.440. The zero-order valence-corrected chi connectivity index (χ0v) is 21.9. The minimum absolute atomic E-state index is 0.328. The number of terminal acetylenes is 1. The Bertz CT molecular complexity index is 1360. The molecule has 1 fully saturated rings. The Morgan fingerprint density at radius 3 is 2.71 bits per heavy atom. The third kappa shape index (κ3) is 5.31. The number of nitrogens with zero attached hydrogens (tertiary/aromatic N) is 6. The van der Waals surface area contributed by atoms with E-state index in [2.05, 4.69) is 42.8 Å². The quantitative estimate of drug-likeness (QED) is 0.243. The second kappa shape index (κ2) is 10.7. The van der Waals surface area contributed by atoms with Crippen LogP contribution in [0.5, 0.6) is 0 Å². The second-order valence-corrected chi connectivity index (χ2v) is 11.0. The minimum Gasteiger partial charge on any atom is -0.370 e. The summed E-state index contributed by atoms with van der Waals surface area (Å²) in [5.41, 5.74) is 2.15. The molecule has 3 N–H and O–H groups in total. The summed E-state index contributed by atoms with van der Waals surface area (Å²) in [5.74, 6) is 5.24. The van der Waals surface area contributed by atoms with E-state index >= 15 is 0 Å². The molecule has 0 unspecified atom stereocenters.